The molecule has 0 saturated heterocycles. The van der Waals surface area contributed by atoms with E-state index in [-0.39, 0.29) is 11.3 Å². The summed E-state index contributed by atoms with van der Waals surface area (Å²) in [5, 5.41) is 0.682. The molecule has 0 atom stereocenters. The molecule has 1 aliphatic rings. The van der Waals surface area contributed by atoms with E-state index in [1.165, 1.54) is 0 Å². The van der Waals surface area contributed by atoms with Gasteiger partial charge in [0.2, 0.25) is 5.91 Å². The van der Waals surface area contributed by atoms with Crippen LogP contribution < -0.4 is 10.3 Å². The molecule has 0 radical (unpaired) electrons. The van der Waals surface area contributed by atoms with Gasteiger partial charge in [0.05, 0.1) is 11.2 Å². The standard InChI is InChI=1S/C13H12N2O2/c1-8-6-15-7-11(16)14(2)10-5-3-4-9(12(10)15)13(8)17/h3-6H,7H2,1-2H3. The van der Waals surface area contributed by atoms with E-state index in [9.17, 15) is 9.59 Å². The van der Waals surface area contributed by atoms with E-state index >= 15 is 0 Å². The van der Waals surface area contributed by atoms with Gasteiger partial charge in [-0.05, 0) is 19.1 Å². The van der Waals surface area contributed by atoms with E-state index < -0.39 is 0 Å². The average molecular weight is 228 g/mol. The lowest BCUT2D eigenvalue weighted by atomic mass is 10.1. The highest BCUT2D eigenvalue weighted by Crippen LogP contribution is 2.28. The van der Waals surface area contributed by atoms with E-state index in [4.69, 9.17) is 0 Å². The first-order chi connectivity index (χ1) is 8.09. The van der Waals surface area contributed by atoms with Gasteiger partial charge in [0.15, 0.2) is 5.43 Å². The van der Waals surface area contributed by atoms with Crippen molar-refractivity contribution in [3.63, 3.8) is 0 Å². The van der Waals surface area contributed by atoms with Crippen LogP contribution in [-0.4, -0.2) is 17.5 Å². The predicted molar refractivity (Wildman–Crippen MR) is 66.4 cm³/mol. The predicted octanol–water partition coefficient (Wildman–Crippen LogP) is 1.29. The van der Waals surface area contributed by atoms with Crippen molar-refractivity contribution in [1.82, 2.24) is 4.57 Å². The number of nitrogens with zero attached hydrogens (tertiary/aromatic N) is 2. The third-order valence-corrected chi connectivity index (χ3v) is 3.30. The van der Waals surface area contributed by atoms with Gasteiger partial charge in [-0.1, -0.05) is 6.07 Å². The number of hydrogen-bond acceptors (Lipinski definition) is 2. The van der Waals surface area contributed by atoms with Crippen molar-refractivity contribution in [2.75, 3.05) is 11.9 Å². The lowest BCUT2D eigenvalue weighted by Crippen LogP contribution is -2.35. The first kappa shape index (κ1) is 10.1. The Kier molecular flexibility index (Phi) is 1.90. The van der Waals surface area contributed by atoms with Crippen molar-refractivity contribution in [2.24, 2.45) is 0 Å². The maximum absolute atomic E-state index is 12.0. The lowest BCUT2D eigenvalue weighted by Gasteiger charge is -2.27. The SMILES string of the molecule is Cc1cn2c3c(cccc3c1=O)N(C)C(=O)C2. The Bertz CT molecular complexity index is 700. The minimum absolute atomic E-state index is 0.0352. The molecule has 0 unspecified atom stereocenters. The number of carbonyl (C=O) groups excluding carboxylic acids is 1. The molecule has 1 aromatic carbocycles. The summed E-state index contributed by atoms with van der Waals surface area (Å²) in [5.41, 5.74) is 2.37. The minimum atomic E-state index is 0.0352. The van der Waals surface area contributed by atoms with Gasteiger partial charge in [-0.25, -0.2) is 0 Å². The summed E-state index contributed by atoms with van der Waals surface area (Å²) in [6.07, 6.45) is 1.76. The van der Waals surface area contributed by atoms with Crippen molar-refractivity contribution < 1.29 is 4.79 Å². The first-order valence-electron chi connectivity index (χ1n) is 5.49. The lowest BCUT2D eigenvalue weighted by molar-refractivity contribution is -0.119. The van der Waals surface area contributed by atoms with Crippen LogP contribution >= 0.6 is 0 Å². The Morgan fingerprint density at radius 3 is 2.76 bits per heavy atom. The average Bonchev–Trinajstić information content (AvgIpc) is 2.32. The van der Waals surface area contributed by atoms with Gasteiger partial charge >= 0.3 is 0 Å². The van der Waals surface area contributed by atoms with E-state index in [1.807, 2.05) is 22.8 Å². The van der Waals surface area contributed by atoms with Gasteiger partial charge < -0.3 is 9.47 Å². The van der Waals surface area contributed by atoms with E-state index in [0.717, 1.165) is 11.2 Å². The van der Waals surface area contributed by atoms with Crippen molar-refractivity contribution in [3.8, 4) is 0 Å². The highest BCUT2D eigenvalue weighted by molar-refractivity contribution is 6.05. The molecule has 0 saturated carbocycles. The zero-order valence-corrected chi connectivity index (χ0v) is 9.73. The number of aryl methyl sites for hydroxylation is 1. The molecular formula is C13H12N2O2. The highest BCUT2D eigenvalue weighted by atomic mass is 16.2. The van der Waals surface area contributed by atoms with E-state index in [2.05, 4.69) is 0 Å². The van der Waals surface area contributed by atoms with Gasteiger partial charge in [0.1, 0.15) is 6.54 Å². The smallest absolute Gasteiger partial charge is 0.246 e. The van der Waals surface area contributed by atoms with Crippen LogP contribution in [0.25, 0.3) is 10.9 Å². The van der Waals surface area contributed by atoms with Crippen LogP contribution in [0, 0.1) is 6.92 Å². The van der Waals surface area contributed by atoms with Crippen LogP contribution in [-0.2, 0) is 11.3 Å². The largest absolute Gasteiger partial charge is 0.336 e. The third kappa shape index (κ3) is 1.24. The number of amides is 1. The maximum atomic E-state index is 12.0. The molecule has 1 aromatic heterocycles. The van der Waals surface area contributed by atoms with Crippen LogP contribution in [0.2, 0.25) is 0 Å². The quantitative estimate of drug-likeness (QED) is 0.681. The molecule has 3 rings (SSSR count). The molecule has 2 heterocycles. The summed E-state index contributed by atoms with van der Waals surface area (Å²) in [6.45, 7) is 2.08. The van der Waals surface area contributed by atoms with Crippen molar-refractivity contribution in [3.05, 3.63) is 40.2 Å². The fourth-order valence-corrected chi connectivity index (χ4v) is 2.37. The normalized spacial score (nSPS) is 14.5. The number of likely N-dealkylation sites (N-methyl/N-ethyl adjacent to an activating group) is 1. The number of carbonyl (C=O) groups is 1. The van der Waals surface area contributed by atoms with E-state index in [1.54, 1.807) is 25.1 Å². The molecule has 0 bridgehead atoms. The Labute approximate surface area is 98.1 Å². The zero-order valence-electron chi connectivity index (χ0n) is 9.73. The number of anilines is 1. The summed E-state index contributed by atoms with van der Waals surface area (Å²) >= 11 is 0. The molecule has 1 aliphatic heterocycles. The number of aromatic nitrogens is 1. The minimum Gasteiger partial charge on any atom is -0.336 e. The summed E-state index contributed by atoms with van der Waals surface area (Å²) < 4.78 is 1.86. The molecule has 0 spiro atoms. The Hall–Kier alpha value is -2.10. The molecule has 0 N–H and O–H groups in total. The van der Waals surface area contributed by atoms with Gasteiger partial charge in [-0.2, -0.15) is 0 Å². The highest BCUT2D eigenvalue weighted by Gasteiger charge is 2.22. The first-order valence-corrected chi connectivity index (χ1v) is 5.49. The number of benzene rings is 1. The van der Waals surface area contributed by atoms with Gasteiger partial charge in [0.25, 0.3) is 0 Å². The van der Waals surface area contributed by atoms with Gasteiger partial charge in [0, 0.05) is 24.2 Å². The van der Waals surface area contributed by atoms with Crippen LogP contribution in [0.5, 0.6) is 0 Å². The molecule has 86 valence electrons. The van der Waals surface area contributed by atoms with Crippen LogP contribution in [0.3, 0.4) is 0 Å². The zero-order chi connectivity index (χ0) is 12.2. The molecule has 2 aromatic rings. The number of para-hydroxylation sites is 1. The second-order valence-corrected chi connectivity index (χ2v) is 4.40. The molecule has 0 aliphatic carbocycles. The summed E-state index contributed by atoms with van der Waals surface area (Å²) in [7, 11) is 1.74. The van der Waals surface area contributed by atoms with Crippen molar-refractivity contribution >= 4 is 22.5 Å². The molecule has 0 fully saturated rings. The maximum Gasteiger partial charge on any atom is 0.246 e. The Balaban J connectivity index is 2.54. The van der Waals surface area contributed by atoms with Crippen LogP contribution in [0.4, 0.5) is 5.69 Å². The van der Waals surface area contributed by atoms with Gasteiger partial charge in [-0.3, -0.25) is 9.59 Å². The van der Waals surface area contributed by atoms with Crippen molar-refractivity contribution in [2.45, 2.75) is 13.5 Å². The Morgan fingerprint density at radius 1 is 1.24 bits per heavy atom. The van der Waals surface area contributed by atoms with Gasteiger partial charge in [-0.15, -0.1) is 0 Å². The summed E-state index contributed by atoms with van der Waals surface area (Å²) in [4.78, 5) is 25.5. The monoisotopic (exact) mass is 228 g/mol. The number of pyridine rings is 1. The van der Waals surface area contributed by atoms with Crippen LogP contribution in [0.1, 0.15) is 5.56 Å². The topological polar surface area (TPSA) is 42.3 Å². The molecule has 1 amide bonds. The molecule has 4 nitrogen and oxygen atoms in total. The second-order valence-electron chi connectivity index (χ2n) is 4.40. The molecule has 4 heteroatoms. The molecule has 17 heavy (non-hydrogen) atoms. The fourth-order valence-electron chi connectivity index (χ4n) is 2.37. The van der Waals surface area contributed by atoms with Crippen molar-refractivity contribution in [1.29, 1.82) is 0 Å². The fraction of sp³-hybridized carbons (Fsp3) is 0.231. The third-order valence-electron chi connectivity index (χ3n) is 3.30. The summed E-state index contributed by atoms with van der Waals surface area (Å²) in [6, 6.07) is 5.50. The van der Waals surface area contributed by atoms with E-state index in [0.29, 0.717) is 17.5 Å². The second kappa shape index (κ2) is 3.20. The number of hydrogen-bond donors (Lipinski definition) is 0. The Morgan fingerprint density at radius 2 is 2.00 bits per heavy atom. The number of rotatable bonds is 0. The summed E-state index contributed by atoms with van der Waals surface area (Å²) in [5.74, 6) is 0.0352. The molecular weight excluding hydrogens is 216 g/mol. The van der Waals surface area contributed by atoms with Crippen LogP contribution in [0.15, 0.2) is 29.2 Å².